The second kappa shape index (κ2) is 13.1. The Balaban J connectivity index is -0.000000143. The molecule has 13 heavy (non-hydrogen) atoms. The number of carbonyl (C=O) groups is 2. The van der Waals surface area contributed by atoms with Crippen LogP contribution in [0.5, 0.6) is 0 Å². The predicted octanol–water partition coefficient (Wildman–Crippen LogP) is -1.08. The van der Waals surface area contributed by atoms with Crippen LogP contribution in [0.4, 0.5) is 0 Å². The van der Waals surface area contributed by atoms with E-state index in [2.05, 4.69) is 0 Å². The van der Waals surface area contributed by atoms with E-state index in [0.717, 1.165) is 11.9 Å². The Bertz CT molecular complexity index is 230. The Hall–Kier alpha value is -1.50. The number of rotatable bonds is 2. The summed E-state index contributed by atoms with van der Waals surface area (Å²) >= 11 is 0. The second-order valence-corrected chi connectivity index (χ2v) is 1.20. The molecular formula is C6H4O6Pd. The van der Waals surface area contributed by atoms with Gasteiger partial charge in [-0.1, -0.05) is 0 Å². The van der Waals surface area contributed by atoms with Crippen LogP contribution in [0.15, 0.2) is 12.2 Å². The van der Waals surface area contributed by atoms with Crippen molar-refractivity contribution < 1.29 is 49.8 Å². The topological polar surface area (TPSA) is 109 Å². The summed E-state index contributed by atoms with van der Waals surface area (Å²) in [6.07, 6.45) is 0.806. The Kier molecular flexibility index (Phi) is 17.7. The molecule has 0 heterocycles. The van der Waals surface area contributed by atoms with Crippen molar-refractivity contribution >= 4 is 23.8 Å². The molecule has 0 aromatic rings. The van der Waals surface area contributed by atoms with E-state index in [0.29, 0.717) is 12.2 Å². The van der Waals surface area contributed by atoms with Gasteiger partial charge < -0.3 is 10.2 Å². The zero-order valence-electron chi connectivity index (χ0n) is 6.00. The summed E-state index contributed by atoms with van der Waals surface area (Å²) in [6.45, 7) is 0. The smallest absolute Gasteiger partial charge is 0.339 e. The van der Waals surface area contributed by atoms with E-state index in [1.165, 1.54) is 0 Å². The van der Waals surface area contributed by atoms with Crippen molar-refractivity contribution in [1.29, 1.82) is 0 Å². The third-order valence-electron chi connectivity index (χ3n) is 0.365. The Morgan fingerprint density at radius 3 is 1.15 bits per heavy atom. The third-order valence-corrected chi connectivity index (χ3v) is 0.365. The molecule has 0 saturated heterocycles. The molecule has 0 fully saturated rings. The first-order valence-corrected chi connectivity index (χ1v) is 2.42. The number of hydrogen-bond acceptors (Lipinski definition) is 4. The van der Waals surface area contributed by atoms with Crippen molar-refractivity contribution in [1.82, 2.24) is 0 Å². The Morgan fingerprint density at radius 2 is 1.15 bits per heavy atom. The van der Waals surface area contributed by atoms with Crippen LogP contribution >= 0.6 is 0 Å². The first kappa shape index (κ1) is 17.6. The molecule has 2 N–H and O–H groups in total. The largest absolute Gasteiger partial charge is 0.478 e. The standard InChI is InChI=1S/2C3H2O3.Pd/c2*4-2-1-3(5)6;/h2*1H,(H,5,6);. The van der Waals surface area contributed by atoms with Gasteiger partial charge in [0.2, 0.25) is 0 Å². The quantitative estimate of drug-likeness (QED) is 0.378. The maximum atomic E-state index is 9.28. The van der Waals surface area contributed by atoms with Gasteiger partial charge in [0.15, 0.2) is 0 Å². The van der Waals surface area contributed by atoms with Crippen LogP contribution in [-0.2, 0) is 39.6 Å². The molecule has 0 radical (unpaired) electrons. The molecule has 0 atom stereocenters. The molecule has 0 amide bonds. The van der Waals surface area contributed by atoms with Gasteiger partial charge in [-0.2, -0.15) is 0 Å². The minimum Gasteiger partial charge on any atom is -0.478 e. The molecule has 0 aliphatic rings. The maximum Gasteiger partial charge on any atom is 0.339 e. The van der Waals surface area contributed by atoms with Crippen LogP contribution in [0.1, 0.15) is 0 Å². The summed E-state index contributed by atoms with van der Waals surface area (Å²) in [7, 11) is 0. The van der Waals surface area contributed by atoms with E-state index in [1.54, 1.807) is 0 Å². The van der Waals surface area contributed by atoms with Crippen LogP contribution in [0, 0.1) is 0 Å². The number of carbonyl (C=O) groups excluding carboxylic acids is 2. The molecule has 0 aliphatic heterocycles. The molecule has 0 rings (SSSR count). The predicted molar refractivity (Wildman–Crippen MR) is 35.8 cm³/mol. The maximum absolute atomic E-state index is 9.28. The summed E-state index contributed by atoms with van der Waals surface area (Å²) < 4.78 is 0. The van der Waals surface area contributed by atoms with E-state index in [-0.39, 0.29) is 20.4 Å². The molecule has 0 aliphatic carbocycles. The van der Waals surface area contributed by atoms with E-state index in [9.17, 15) is 9.59 Å². The third kappa shape index (κ3) is 37.5. The zero-order chi connectivity index (χ0) is 9.98. The number of carboxylic acids is 2. The second-order valence-electron chi connectivity index (χ2n) is 1.20. The fraction of sp³-hybridized carbons (Fsp3) is 0. The van der Waals surface area contributed by atoms with Gasteiger partial charge in [-0.05, 0) is 0 Å². The minimum atomic E-state index is -1.26. The average Bonchev–Trinajstić information content (AvgIpc) is 1.87. The molecule has 74 valence electrons. The summed E-state index contributed by atoms with van der Waals surface area (Å²) in [5, 5.41) is 15.2. The van der Waals surface area contributed by atoms with Crippen LogP contribution in [0.2, 0.25) is 0 Å². The van der Waals surface area contributed by atoms with E-state index in [4.69, 9.17) is 19.8 Å². The van der Waals surface area contributed by atoms with Crippen molar-refractivity contribution in [3.05, 3.63) is 12.2 Å². The van der Waals surface area contributed by atoms with Crippen molar-refractivity contribution in [3.8, 4) is 0 Å². The van der Waals surface area contributed by atoms with Gasteiger partial charge in [0.05, 0.1) is 0 Å². The van der Waals surface area contributed by atoms with Crippen molar-refractivity contribution in [2.45, 2.75) is 0 Å². The van der Waals surface area contributed by atoms with Crippen molar-refractivity contribution in [2.24, 2.45) is 0 Å². The summed E-state index contributed by atoms with van der Waals surface area (Å²) in [4.78, 5) is 36.7. The normalized spacial score (nSPS) is 5.54. The van der Waals surface area contributed by atoms with Crippen LogP contribution < -0.4 is 0 Å². The van der Waals surface area contributed by atoms with Gasteiger partial charge in [0.1, 0.15) is 24.0 Å². The monoisotopic (exact) mass is 278 g/mol. The van der Waals surface area contributed by atoms with Gasteiger partial charge in [-0.15, -0.1) is 0 Å². The number of aliphatic carboxylic acids is 2. The van der Waals surface area contributed by atoms with Gasteiger partial charge in [0, 0.05) is 20.4 Å². The molecule has 0 unspecified atom stereocenters. The molecule has 6 nitrogen and oxygen atoms in total. The van der Waals surface area contributed by atoms with Crippen molar-refractivity contribution in [3.63, 3.8) is 0 Å². The fourth-order valence-electron chi connectivity index (χ4n) is 0.101. The van der Waals surface area contributed by atoms with Crippen LogP contribution in [0.25, 0.3) is 0 Å². The van der Waals surface area contributed by atoms with Gasteiger partial charge in [0.25, 0.3) is 0 Å². The van der Waals surface area contributed by atoms with E-state index < -0.39 is 11.9 Å². The molecule has 0 aromatic carbocycles. The Labute approximate surface area is 86.2 Å². The molecular weight excluding hydrogens is 274 g/mol. The first-order valence-electron chi connectivity index (χ1n) is 2.42. The molecule has 0 saturated carbocycles. The van der Waals surface area contributed by atoms with E-state index in [1.807, 2.05) is 0 Å². The molecule has 0 aromatic heterocycles. The Morgan fingerprint density at radius 1 is 0.923 bits per heavy atom. The van der Waals surface area contributed by atoms with E-state index >= 15 is 0 Å². The summed E-state index contributed by atoms with van der Waals surface area (Å²) in [6, 6.07) is 0. The zero-order valence-corrected chi connectivity index (χ0v) is 7.55. The summed E-state index contributed by atoms with van der Waals surface area (Å²) in [5.74, 6) is -0.333. The fourth-order valence-corrected chi connectivity index (χ4v) is 0.101. The SMILES string of the molecule is O=C=CC(=O)O.O=C=CC(=O)O.[Pd]. The molecule has 7 heteroatoms. The van der Waals surface area contributed by atoms with Crippen LogP contribution in [-0.4, -0.2) is 34.0 Å². The average molecular weight is 279 g/mol. The molecule has 0 bridgehead atoms. The van der Waals surface area contributed by atoms with Crippen LogP contribution in [0.3, 0.4) is 0 Å². The van der Waals surface area contributed by atoms with Gasteiger partial charge in [-0.3, -0.25) is 0 Å². The van der Waals surface area contributed by atoms with Gasteiger partial charge >= 0.3 is 11.9 Å². The molecule has 0 spiro atoms. The number of hydrogen-bond donors (Lipinski definition) is 2. The number of carboxylic acid groups (broad SMARTS) is 2. The summed E-state index contributed by atoms with van der Waals surface area (Å²) in [5.41, 5.74) is 0. The first-order chi connectivity index (χ1) is 5.54. The van der Waals surface area contributed by atoms with Crippen molar-refractivity contribution in [2.75, 3.05) is 0 Å². The van der Waals surface area contributed by atoms with Gasteiger partial charge in [-0.25, -0.2) is 19.2 Å². The minimum absolute atomic E-state index is 0.